The molecule has 7 heteroatoms. The number of hydrogen-bond acceptors (Lipinski definition) is 4. The fourth-order valence-electron chi connectivity index (χ4n) is 2.50. The molecule has 2 amide bonds. The first-order valence-corrected chi connectivity index (χ1v) is 8.96. The van der Waals surface area contributed by atoms with Crippen LogP contribution in [0.1, 0.15) is 35.7 Å². The van der Waals surface area contributed by atoms with Crippen molar-refractivity contribution in [3.8, 4) is 0 Å². The van der Waals surface area contributed by atoms with Gasteiger partial charge in [0, 0.05) is 17.7 Å². The quantitative estimate of drug-likeness (QED) is 0.643. The van der Waals surface area contributed by atoms with Gasteiger partial charge in [0.2, 0.25) is 5.91 Å². The van der Waals surface area contributed by atoms with E-state index in [1.807, 2.05) is 32.0 Å². The molecule has 0 aliphatic rings. The standard InChI is InChI=1S/C19H19N3O2S.ClH/c1-3-6-16(23)20-14-9-5-8-13(11-14)18(24)22-19-21-17-12(2)7-4-10-15(17)25-19;/h4-5,7-11H,3,6H2,1-2H3,(H,20,23)(H,21,22,24);1H. The van der Waals surface area contributed by atoms with Crippen LogP contribution in [0.4, 0.5) is 10.8 Å². The van der Waals surface area contributed by atoms with Crippen LogP contribution in [0.5, 0.6) is 0 Å². The van der Waals surface area contributed by atoms with Crippen molar-refractivity contribution in [2.24, 2.45) is 0 Å². The Labute approximate surface area is 162 Å². The number of nitrogens with one attached hydrogen (secondary N) is 2. The number of halogens is 1. The summed E-state index contributed by atoms with van der Waals surface area (Å²) < 4.78 is 1.04. The number of aromatic nitrogens is 1. The van der Waals surface area contributed by atoms with Crippen molar-refractivity contribution in [3.05, 3.63) is 53.6 Å². The van der Waals surface area contributed by atoms with Crippen LogP contribution in [0.2, 0.25) is 0 Å². The molecule has 3 rings (SSSR count). The van der Waals surface area contributed by atoms with Crippen molar-refractivity contribution in [2.45, 2.75) is 26.7 Å². The minimum absolute atomic E-state index is 0. The number of rotatable bonds is 5. The van der Waals surface area contributed by atoms with Crippen LogP contribution in [-0.2, 0) is 4.79 Å². The molecule has 0 spiro atoms. The number of amides is 2. The number of fused-ring (bicyclic) bond motifs is 1. The van der Waals surface area contributed by atoms with Crippen LogP contribution >= 0.6 is 23.7 Å². The van der Waals surface area contributed by atoms with Crippen LogP contribution < -0.4 is 10.6 Å². The Morgan fingerprint density at radius 3 is 2.62 bits per heavy atom. The second-order valence-electron chi connectivity index (χ2n) is 5.77. The maximum Gasteiger partial charge on any atom is 0.257 e. The van der Waals surface area contributed by atoms with E-state index in [9.17, 15) is 9.59 Å². The number of carbonyl (C=O) groups is 2. The average molecular weight is 390 g/mol. The fourth-order valence-corrected chi connectivity index (χ4v) is 3.44. The first kappa shape index (κ1) is 19.9. The third kappa shape index (κ3) is 4.59. The van der Waals surface area contributed by atoms with Gasteiger partial charge < -0.3 is 5.32 Å². The molecule has 0 atom stereocenters. The van der Waals surface area contributed by atoms with Crippen LogP contribution in [0, 0.1) is 6.92 Å². The lowest BCUT2D eigenvalue weighted by Gasteiger charge is -2.07. The number of benzene rings is 2. The van der Waals surface area contributed by atoms with Gasteiger partial charge in [0.1, 0.15) is 0 Å². The Balaban J connectivity index is 0.00000243. The van der Waals surface area contributed by atoms with E-state index in [4.69, 9.17) is 0 Å². The van der Waals surface area contributed by atoms with E-state index in [2.05, 4.69) is 15.6 Å². The molecule has 1 heterocycles. The molecule has 0 aliphatic heterocycles. The van der Waals surface area contributed by atoms with Crippen LogP contribution in [0.3, 0.4) is 0 Å². The van der Waals surface area contributed by atoms with Crippen molar-refractivity contribution in [3.63, 3.8) is 0 Å². The average Bonchev–Trinajstić information content (AvgIpc) is 2.99. The van der Waals surface area contributed by atoms with Gasteiger partial charge in [-0.1, -0.05) is 36.5 Å². The van der Waals surface area contributed by atoms with Gasteiger partial charge in [0.15, 0.2) is 5.13 Å². The SMILES string of the molecule is CCCC(=O)Nc1cccc(C(=O)Nc2nc3c(C)cccc3s2)c1.Cl. The number of para-hydroxylation sites is 1. The van der Waals surface area contributed by atoms with Gasteiger partial charge in [-0.3, -0.25) is 14.9 Å². The van der Waals surface area contributed by atoms with E-state index in [1.54, 1.807) is 24.3 Å². The van der Waals surface area contributed by atoms with Gasteiger partial charge in [0.25, 0.3) is 5.91 Å². The number of aryl methyl sites for hydroxylation is 1. The fraction of sp³-hybridized carbons (Fsp3) is 0.211. The van der Waals surface area contributed by atoms with E-state index >= 15 is 0 Å². The summed E-state index contributed by atoms with van der Waals surface area (Å²) in [6.07, 6.45) is 1.24. The maximum absolute atomic E-state index is 12.5. The Morgan fingerprint density at radius 2 is 1.88 bits per heavy atom. The zero-order valence-electron chi connectivity index (χ0n) is 14.5. The molecule has 2 aromatic carbocycles. The van der Waals surface area contributed by atoms with Gasteiger partial charge in [0.05, 0.1) is 10.2 Å². The zero-order valence-corrected chi connectivity index (χ0v) is 16.2. The second-order valence-corrected chi connectivity index (χ2v) is 6.80. The lowest BCUT2D eigenvalue weighted by molar-refractivity contribution is -0.116. The number of hydrogen-bond donors (Lipinski definition) is 2. The molecule has 0 fully saturated rings. The van der Waals surface area contributed by atoms with Crippen molar-refractivity contribution in [2.75, 3.05) is 10.6 Å². The smallest absolute Gasteiger partial charge is 0.257 e. The highest BCUT2D eigenvalue weighted by molar-refractivity contribution is 7.22. The molecule has 0 radical (unpaired) electrons. The minimum Gasteiger partial charge on any atom is -0.326 e. The Morgan fingerprint density at radius 1 is 1.12 bits per heavy atom. The molecule has 0 bridgehead atoms. The maximum atomic E-state index is 12.5. The Bertz CT molecular complexity index is 939. The van der Waals surface area contributed by atoms with Gasteiger partial charge in [-0.05, 0) is 43.2 Å². The summed E-state index contributed by atoms with van der Waals surface area (Å²) in [5.41, 5.74) is 3.08. The summed E-state index contributed by atoms with van der Waals surface area (Å²) in [6, 6.07) is 12.9. The first-order valence-electron chi connectivity index (χ1n) is 8.14. The van der Waals surface area contributed by atoms with E-state index < -0.39 is 0 Å². The topological polar surface area (TPSA) is 71.1 Å². The Kier molecular flexibility index (Phi) is 6.71. The molecule has 0 saturated heterocycles. The predicted molar refractivity (Wildman–Crippen MR) is 110 cm³/mol. The van der Waals surface area contributed by atoms with Crippen molar-refractivity contribution < 1.29 is 9.59 Å². The summed E-state index contributed by atoms with van der Waals surface area (Å²) in [6.45, 7) is 3.94. The second kappa shape index (κ2) is 8.78. The molecule has 26 heavy (non-hydrogen) atoms. The molecule has 2 N–H and O–H groups in total. The third-order valence-corrected chi connectivity index (χ3v) is 4.66. The first-order chi connectivity index (χ1) is 12.1. The third-order valence-electron chi connectivity index (χ3n) is 3.73. The highest BCUT2D eigenvalue weighted by Crippen LogP contribution is 2.28. The Hall–Kier alpha value is -2.44. The molecular weight excluding hydrogens is 370 g/mol. The van der Waals surface area contributed by atoms with E-state index in [0.717, 1.165) is 22.2 Å². The highest BCUT2D eigenvalue weighted by Gasteiger charge is 2.12. The molecule has 0 aliphatic carbocycles. The predicted octanol–water partition coefficient (Wildman–Crippen LogP) is 5.02. The zero-order chi connectivity index (χ0) is 17.8. The molecule has 3 aromatic rings. The summed E-state index contributed by atoms with van der Waals surface area (Å²) >= 11 is 1.44. The lowest BCUT2D eigenvalue weighted by atomic mass is 10.2. The molecular formula is C19H20ClN3O2S. The van der Waals surface area contributed by atoms with Gasteiger partial charge in [-0.25, -0.2) is 4.98 Å². The highest BCUT2D eigenvalue weighted by atomic mass is 35.5. The summed E-state index contributed by atoms with van der Waals surface area (Å²) in [5.74, 6) is -0.301. The van der Waals surface area contributed by atoms with Crippen molar-refractivity contribution in [1.82, 2.24) is 4.98 Å². The normalized spacial score (nSPS) is 10.2. The van der Waals surface area contributed by atoms with Gasteiger partial charge in [-0.2, -0.15) is 0 Å². The van der Waals surface area contributed by atoms with Crippen molar-refractivity contribution in [1.29, 1.82) is 0 Å². The molecule has 0 saturated carbocycles. The van der Waals surface area contributed by atoms with E-state index in [1.165, 1.54) is 11.3 Å². The minimum atomic E-state index is -0.247. The lowest BCUT2D eigenvalue weighted by Crippen LogP contribution is -2.14. The van der Waals surface area contributed by atoms with Gasteiger partial charge >= 0.3 is 0 Å². The number of anilines is 2. The van der Waals surface area contributed by atoms with Crippen molar-refractivity contribution >= 4 is 56.6 Å². The van der Waals surface area contributed by atoms with E-state index in [0.29, 0.717) is 22.8 Å². The van der Waals surface area contributed by atoms with Crippen LogP contribution in [0.25, 0.3) is 10.2 Å². The van der Waals surface area contributed by atoms with Crippen LogP contribution in [0.15, 0.2) is 42.5 Å². The molecule has 1 aromatic heterocycles. The monoisotopic (exact) mass is 389 g/mol. The van der Waals surface area contributed by atoms with Gasteiger partial charge in [-0.15, -0.1) is 12.4 Å². The van der Waals surface area contributed by atoms with Crippen LogP contribution in [-0.4, -0.2) is 16.8 Å². The summed E-state index contributed by atoms with van der Waals surface area (Å²) in [4.78, 5) is 28.7. The number of nitrogens with zero attached hydrogens (tertiary/aromatic N) is 1. The molecule has 5 nitrogen and oxygen atoms in total. The molecule has 0 unspecified atom stereocenters. The number of carbonyl (C=O) groups excluding carboxylic acids is 2. The largest absolute Gasteiger partial charge is 0.326 e. The number of thiazole rings is 1. The summed E-state index contributed by atoms with van der Waals surface area (Å²) in [5, 5.41) is 6.20. The van der Waals surface area contributed by atoms with E-state index in [-0.39, 0.29) is 24.2 Å². The summed E-state index contributed by atoms with van der Waals surface area (Å²) in [7, 11) is 0. The molecule has 136 valence electrons.